The van der Waals surface area contributed by atoms with E-state index in [1.807, 2.05) is 0 Å². The second-order valence-corrected chi connectivity index (χ2v) is 6.55. The fourth-order valence-electron chi connectivity index (χ4n) is 1.72. The van der Waals surface area contributed by atoms with Crippen molar-refractivity contribution in [3.8, 4) is 0 Å². The maximum atomic E-state index is 13.5. The van der Waals surface area contributed by atoms with Crippen LogP contribution in [0, 0.1) is 5.82 Å². The number of hydrogen-bond acceptors (Lipinski definition) is 3. The van der Waals surface area contributed by atoms with E-state index in [9.17, 15) is 9.18 Å². The van der Waals surface area contributed by atoms with Crippen molar-refractivity contribution in [3.05, 3.63) is 52.6 Å². The third kappa shape index (κ3) is 3.99. The van der Waals surface area contributed by atoms with Gasteiger partial charge >= 0.3 is 6.09 Å². The third-order valence-corrected chi connectivity index (χ3v) is 3.47. The molecule has 1 aromatic carbocycles. The summed E-state index contributed by atoms with van der Waals surface area (Å²) in [5.41, 5.74) is 0.287. The lowest BCUT2D eigenvalue weighted by molar-refractivity contribution is 0.0514. The molecule has 0 aliphatic rings. The van der Waals surface area contributed by atoms with Crippen molar-refractivity contribution in [3.63, 3.8) is 0 Å². The lowest BCUT2D eigenvalue weighted by Gasteiger charge is -2.18. The number of aromatic nitrogens is 2. The Morgan fingerprint density at radius 3 is 2.64 bits per heavy atom. The number of carbonyl (C=O) groups is 1. The first-order chi connectivity index (χ1) is 10.2. The molecule has 0 aliphatic heterocycles. The van der Waals surface area contributed by atoms with Crippen molar-refractivity contribution < 1.29 is 13.9 Å². The number of halogens is 3. The summed E-state index contributed by atoms with van der Waals surface area (Å²) >= 11 is 11.9. The Balaban J connectivity index is 2.20. The van der Waals surface area contributed by atoms with Crippen molar-refractivity contribution in [2.75, 3.05) is 0 Å². The number of nitrogens with zero attached hydrogens (tertiary/aromatic N) is 2. The van der Waals surface area contributed by atoms with Crippen LogP contribution in [0.15, 0.2) is 30.5 Å². The molecule has 2 aromatic rings. The smallest absolute Gasteiger partial charge is 0.435 e. The van der Waals surface area contributed by atoms with E-state index in [0.717, 1.165) is 4.68 Å². The first-order valence-electron chi connectivity index (χ1n) is 6.55. The van der Waals surface area contributed by atoms with Crippen molar-refractivity contribution >= 4 is 29.3 Å². The zero-order chi connectivity index (χ0) is 16.5. The largest absolute Gasteiger partial charge is 0.442 e. The summed E-state index contributed by atoms with van der Waals surface area (Å²) in [5.74, 6) is -0.559. The SMILES string of the molecule is CC(C)(C)OC(=O)n1ccc(C(Cl)c2ccc(Cl)c(F)c2)n1. The van der Waals surface area contributed by atoms with Crippen LogP contribution in [-0.2, 0) is 4.74 Å². The van der Waals surface area contributed by atoms with Gasteiger partial charge < -0.3 is 4.74 Å². The predicted molar refractivity (Wildman–Crippen MR) is 83.0 cm³/mol. The minimum Gasteiger partial charge on any atom is -0.442 e. The highest BCUT2D eigenvalue weighted by molar-refractivity contribution is 6.30. The molecule has 4 nitrogen and oxygen atoms in total. The van der Waals surface area contributed by atoms with Gasteiger partial charge in [-0.25, -0.2) is 9.18 Å². The number of rotatable bonds is 2. The van der Waals surface area contributed by atoms with Gasteiger partial charge in [-0.1, -0.05) is 17.7 Å². The molecule has 1 unspecified atom stereocenters. The monoisotopic (exact) mass is 344 g/mol. The highest BCUT2D eigenvalue weighted by atomic mass is 35.5. The summed E-state index contributed by atoms with van der Waals surface area (Å²) in [5, 5.41) is 3.40. The van der Waals surface area contributed by atoms with Crippen molar-refractivity contribution in [2.45, 2.75) is 31.7 Å². The molecule has 0 spiro atoms. The van der Waals surface area contributed by atoms with E-state index in [4.69, 9.17) is 27.9 Å². The average Bonchev–Trinajstić information content (AvgIpc) is 2.89. The van der Waals surface area contributed by atoms with Gasteiger partial charge in [-0.05, 0) is 44.5 Å². The van der Waals surface area contributed by atoms with Crippen LogP contribution >= 0.6 is 23.2 Å². The molecule has 1 heterocycles. The summed E-state index contributed by atoms with van der Waals surface area (Å²) < 4.78 is 19.7. The lowest BCUT2D eigenvalue weighted by atomic mass is 10.1. The van der Waals surface area contributed by atoms with Gasteiger partial charge in [0, 0.05) is 6.20 Å². The Hall–Kier alpha value is -1.59. The van der Waals surface area contributed by atoms with Crippen LogP contribution in [0.1, 0.15) is 37.4 Å². The molecular formula is C15H15Cl2FN2O2. The standard InChI is InChI=1S/C15H15Cl2FN2O2/c1-15(2,3)22-14(21)20-7-6-12(19-20)13(17)9-4-5-10(16)11(18)8-9/h4-8,13H,1-3H3. The maximum Gasteiger partial charge on any atom is 0.435 e. The van der Waals surface area contributed by atoms with Gasteiger partial charge in [-0.15, -0.1) is 11.6 Å². The molecule has 1 atom stereocenters. The number of hydrogen-bond donors (Lipinski definition) is 0. The molecule has 2 rings (SSSR count). The zero-order valence-electron chi connectivity index (χ0n) is 12.3. The Labute approximate surface area is 137 Å². The minimum absolute atomic E-state index is 0.0203. The van der Waals surface area contributed by atoms with Crippen LogP contribution in [0.4, 0.5) is 9.18 Å². The first-order valence-corrected chi connectivity index (χ1v) is 7.37. The second kappa shape index (κ2) is 6.26. The Morgan fingerprint density at radius 2 is 2.05 bits per heavy atom. The summed E-state index contributed by atoms with van der Waals surface area (Å²) in [6.07, 6.45) is 0.843. The van der Waals surface area contributed by atoms with E-state index in [1.54, 1.807) is 32.9 Å². The van der Waals surface area contributed by atoms with E-state index < -0.39 is 22.9 Å². The minimum atomic E-state index is -0.699. The summed E-state index contributed by atoms with van der Waals surface area (Å²) in [4.78, 5) is 11.9. The topological polar surface area (TPSA) is 44.1 Å². The molecule has 0 saturated carbocycles. The molecule has 22 heavy (non-hydrogen) atoms. The molecule has 0 bridgehead atoms. The van der Waals surface area contributed by atoms with Gasteiger partial charge in [0.25, 0.3) is 0 Å². The van der Waals surface area contributed by atoms with Crippen molar-refractivity contribution in [1.82, 2.24) is 9.78 Å². The predicted octanol–water partition coefficient (Wildman–Crippen LogP) is 4.79. The fourth-order valence-corrected chi connectivity index (χ4v) is 2.09. The van der Waals surface area contributed by atoms with E-state index in [0.29, 0.717) is 11.3 Å². The molecule has 1 aromatic heterocycles. The highest BCUT2D eigenvalue weighted by Crippen LogP contribution is 2.29. The quantitative estimate of drug-likeness (QED) is 0.736. The van der Waals surface area contributed by atoms with Crippen LogP contribution in [-0.4, -0.2) is 21.5 Å². The summed E-state index contributed by atoms with van der Waals surface area (Å²) in [7, 11) is 0. The normalized spacial score (nSPS) is 13.0. The molecule has 0 aliphatic carbocycles. The number of alkyl halides is 1. The van der Waals surface area contributed by atoms with Gasteiger partial charge in [-0.2, -0.15) is 9.78 Å². The van der Waals surface area contributed by atoms with E-state index >= 15 is 0 Å². The Morgan fingerprint density at radius 1 is 1.36 bits per heavy atom. The number of benzene rings is 1. The Kier molecular flexibility index (Phi) is 4.78. The van der Waals surface area contributed by atoms with Gasteiger partial charge in [0.05, 0.1) is 10.7 Å². The Bertz CT molecular complexity index is 695. The second-order valence-electron chi connectivity index (χ2n) is 5.70. The summed E-state index contributed by atoms with van der Waals surface area (Å²) in [6.45, 7) is 5.28. The number of carbonyl (C=O) groups excluding carboxylic acids is 1. The fraction of sp³-hybridized carbons (Fsp3) is 0.333. The molecule has 0 fully saturated rings. The molecule has 0 saturated heterocycles. The summed E-state index contributed by atoms with van der Waals surface area (Å²) in [6, 6.07) is 5.85. The van der Waals surface area contributed by atoms with E-state index in [1.165, 1.54) is 18.3 Å². The van der Waals surface area contributed by atoms with Crippen molar-refractivity contribution in [2.24, 2.45) is 0 Å². The molecule has 7 heteroatoms. The van der Waals surface area contributed by atoms with Gasteiger partial charge in [-0.3, -0.25) is 0 Å². The van der Waals surface area contributed by atoms with Crippen LogP contribution in [0.25, 0.3) is 0 Å². The lowest BCUT2D eigenvalue weighted by Crippen LogP contribution is -2.27. The van der Waals surface area contributed by atoms with Crippen molar-refractivity contribution in [1.29, 1.82) is 0 Å². The van der Waals surface area contributed by atoms with Gasteiger partial charge in [0.15, 0.2) is 0 Å². The molecule has 0 amide bonds. The maximum absolute atomic E-state index is 13.5. The van der Waals surface area contributed by atoms with Gasteiger partial charge in [0.2, 0.25) is 0 Å². The van der Waals surface area contributed by atoms with Crippen LogP contribution < -0.4 is 0 Å². The van der Waals surface area contributed by atoms with Gasteiger partial charge in [0.1, 0.15) is 16.8 Å². The zero-order valence-corrected chi connectivity index (χ0v) is 13.8. The molecule has 118 valence electrons. The van der Waals surface area contributed by atoms with Crippen LogP contribution in [0.3, 0.4) is 0 Å². The molecule has 0 N–H and O–H groups in total. The molecular weight excluding hydrogens is 330 g/mol. The first kappa shape index (κ1) is 16.8. The highest BCUT2D eigenvalue weighted by Gasteiger charge is 2.21. The van der Waals surface area contributed by atoms with E-state index in [2.05, 4.69) is 5.10 Å². The van der Waals surface area contributed by atoms with E-state index in [-0.39, 0.29) is 5.02 Å². The average molecular weight is 345 g/mol. The van der Waals surface area contributed by atoms with Crippen LogP contribution in [0.5, 0.6) is 0 Å². The molecule has 0 radical (unpaired) electrons. The third-order valence-electron chi connectivity index (χ3n) is 2.69. The number of ether oxygens (including phenoxy) is 1. The van der Waals surface area contributed by atoms with Crippen LogP contribution in [0.2, 0.25) is 5.02 Å².